The van der Waals surface area contributed by atoms with Gasteiger partial charge in [0, 0.05) is 4.47 Å². The van der Waals surface area contributed by atoms with E-state index in [4.69, 9.17) is 15.6 Å². The molecule has 0 radical (unpaired) electrons. The van der Waals surface area contributed by atoms with E-state index < -0.39 is 18.1 Å². The van der Waals surface area contributed by atoms with Crippen molar-refractivity contribution in [3.63, 3.8) is 0 Å². The summed E-state index contributed by atoms with van der Waals surface area (Å²) in [6, 6.07) is 6.43. The van der Waals surface area contributed by atoms with Crippen LogP contribution in [0, 0.1) is 0 Å². The van der Waals surface area contributed by atoms with Crippen molar-refractivity contribution in [2.24, 2.45) is 5.73 Å². The molecule has 16 heavy (non-hydrogen) atoms. The third-order valence-electron chi connectivity index (χ3n) is 2.06. The molecule has 5 heteroatoms. The first-order valence-electron chi connectivity index (χ1n) is 4.85. The second kappa shape index (κ2) is 5.98. The van der Waals surface area contributed by atoms with Crippen LogP contribution in [0.15, 0.2) is 28.7 Å². The molecule has 0 bridgehead atoms. The predicted octanol–water partition coefficient (Wildman–Crippen LogP) is 1.20. The number of rotatable bonds is 4. The number of aliphatic hydroxyl groups excluding tert-OH is 1. The Morgan fingerprint density at radius 3 is 2.88 bits per heavy atom. The number of carbonyl (C=O) groups is 1. The van der Waals surface area contributed by atoms with Crippen LogP contribution in [0.4, 0.5) is 0 Å². The zero-order valence-electron chi connectivity index (χ0n) is 8.89. The molecule has 0 aliphatic rings. The average Bonchev–Trinajstić information content (AvgIpc) is 2.24. The molecule has 1 aromatic carbocycles. The summed E-state index contributed by atoms with van der Waals surface area (Å²) in [6.07, 6.45) is -0.907. The Morgan fingerprint density at radius 2 is 2.31 bits per heavy atom. The van der Waals surface area contributed by atoms with Crippen LogP contribution in [0.5, 0.6) is 0 Å². The Kier molecular flexibility index (Phi) is 4.92. The zero-order chi connectivity index (χ0) is 12.1. The van der Waals surface area contributed by atoms with E-state index in [0.29, 0.717) is 0 Å². The highest BCUT2D eigenvalue weighted by Gasteiger charge is 2.20. The third kappa shape index (κ3) is 3.92. The number of ether oxygens (including phenoxy) is 1. The minimum absolute atomic E-state index is 0.151. The molecule has 0 saturated heterocycles. The van der Waals surface area contributed by atoms with Crippen molar-refractivity contribution in [2.75, 3.05) is 0 Å². The fourth-order valence-electron chi connectivity index (χ4n) is 1.07. The molecular formula is C11H14BrNO3. The van der Waals surface area contributed by atoms with Crippen molar-refractivity contribution in [2.45, 2.75) is 25.7 Å². The first-order chi connectivity index (χ1) is 7.50. The van der Waals surface area contributed by atoms with Gasteiger partial charge in [0.15, 0.2) is 0 Å². The van der Waals surface area contributed by atoms with E-state index in [1.54, 1.807) is 0 Å². The Balaban J connectivity index is 2.49. The minimum atomic E-state index is -0.993. The Bertz CT molecular complexity index is 368. The molecule has 2 unspecified atom stereocenters. The summed E-state index contributed by atoms with van der Waals surface area (Å²) in [5.41, 5.74) is 6.28. The fraction of sp³-hybridized carbons (Fsp3) is 0.364. The molecule has 0 aromatic heterocycles. The van der Waals surface area contributed by atoms with Crippen LogP contribution in [0.1, 0.15) is 12.5 Å². The number of halogens is 1. The summed E-state index contributed by atoms with van der Waals surface area (Å²) < 4.78 is 5.88. The topological polar surface area (TPSA) is 72.5 Å². The highest BCUT2D eigenvalue weighted by Crippen LogP contribution is 2.12. The van der Waals surface area contributed by atoms with E-state index in [1.807, 2.05) is 24.3 Å². The smallest absolute Gasteiger partial charge is 0.325 e. The molecule has 0 aliphatic heterocycles. The number of nitrogens with two attached hydrogens (primary N) is 1. The first kappa shape index (κ1) is 13.2. The monoisotopic (exact) mass is 287 g/mol. The summed E-state index contributed by atoms with van der Waals surface area (Å²) >= 11 is 3.32. The molecule has 0 spiro atoms. The second-order valence-electron chi connectivity index (χ2n) is 3.50. The van der Waals surface area contributed by atoms with Crippen LogP contribution in [-0.2, 0) is 16.1 Å². The van der Waals surface area contributed by atoms with E-state index in [2.05, 4.69) is 15.9 Å². The average molecular weight is 288 g/mol. The van der Waals surface area contributed by atoms with Gasteiger partial charge in [-0.25, -0.2) is 0 Å². The Hall–Kier alpha value is -0.910. The van der Waals surface area contributed by atoms with Crippen molar-refractivity contribution in [3.8, 4) is 0 Å². The van der Waals surface area contributed by atoms with Crippen molar-refractivity contribution in [1.82, 2.24) is 0 Å². The number of hydrogen-bond donors (Lipinski definition) is 2. The van der Waals surface area contributed by atoms with Crippen molar-refractivity contribution in [1.29, 1.82) is 0 Å². The molecule has 0 amide bonds. The molecule has 3 N–H and O–H groups in total. The lowest BCUT2D eigenvalue weighted by atomic mass is 10.2. The van der Waals surface area contributed by atoms with Crippen molar-refractivity contribution < 1.29 is 14.6 Å². The zero-order valence-corrected chi connectivity index (χ0v) is 10.5. The molecule has 0 aliphatic carbocycles. The van der Waals surface area contributed by atoms with Gasteiger partial charge in [-0.3, -0.25) is 4.79 Å². The highest BCUT2D eigenvalue weighted by atomic mass is 79.9. The van der Waals surface area contributed by atoms with Crippen LogP contribution in [0.25, 0.3) is 0 Å². The van der Waals surface area contributed by atoms with Crippen LogP contribution in [-0.4, -0.2) is 23.2 Å². The van der Waals surface area contributed by atoms with Gasteiger partial charge in [-0.1, -0.05) is 28.1 Å². The fourth-order valence-corrected chi connectivity index (χ4v) is 1.52. The normalized spacial score (nSPS) is 14.2. The van der Waals surface area contributed by atoms with E-state index in [-0.39, 0.29) is 6.61 Å². The number of hydrogen-bond acceptors (Lipinski definition) is 4. The van der Waals surface area contributed by atoms with E-state index in [0.717, 1.165) is 10.0 Å². The quantitative estimate of drug-likeness (QED) is 0.817. The lowest BCUT2D eigenvalue weighted by Crippen LogP contribution is -2.41. The lowest BCUT2D eigenvalue weighted by Gasteiger charge is -2.13. The van der Waals surface area contributed by atoms with Crippen LogP contribution >= 0.6 is 15.9 Å². The van der Waals surface area contributed by atoms with E-state index >= 15 is 0 Å². The summed E-state index contributed by atoms with van der Waals surface area (Å²) in [6.45, 7) is 1.60. The van der Waals surface area contributed by atoms with Gasteiger partial charge in [0.05, 0.1) is 6.10 Å². The maximum Gasteiger partial charge on any atom is 0.325 e. The van der Waals surface area contributed by atoms with Crippen LogP contribution < -0.4 is 5.73 Å². The molecular weight excluding hydrogens is 274 g/mol. The van der Waals surface area contributed by atoms with Crippen molar-refractivity contribution >= 4 is 21.9 Å². The van der Waals surface area contributed by atoms with E-state index in [9.17, 15) is 4.79 Å². The third-order valence-corrected chi connectivity index (χ3v) is 2.56. The summed E-state index contributed by atoms with van der Waals surface area (Å²) in [5, 5.41) is 9.10. The lowest BCUT2D eigenvalue weighted by molar-refractivity contribution is -0.149. The van der Waals surface area contributed by atoms with Gasteiger partial charge < -0.3 is 15.6 Å². The molecule has 0 fully saturated rings. The Labute approximate surface area is 103 Å². The maximum atomic E-state index is 11.3. The van der Waals surface area contributed by atoms with Gasteiger partial charge in [0.25, 0.3) is 0 Å². The van der Waals surface area contributed by atoms with E-state index in [1.165, 1.54) is 6.92 Å². The summed E-state index contributed by atoms with van der Waals surface area (Å²) in [7, 11) is 0. The van der Waals surface area contributed by atoms with Crippen LogP contribution in [0.2, 0.25) is 0 Å². The van der Waals surface area contributed by atoms with Gasteiger partial charge in [-0.2, -0.15) is 0 Å². The summed E-state index contributed by atoms with van der Waals surface area (Å²) in [4.78, 5) is 11.3. The van der Waals surface area contributed by atoms with Gasteiger partial charge in [-0.05, 0) is 24.6 Å². The number of carbonyl (C=O) groups excluding carboxylic acids is 1. The molecule has 1 rings (SSSR count). The summed E-state index contributed by atoms with van der Waals surface area (Å²) in [5.74, 6) is -0.602. The number of esters is 1. The second-order valence-corrected chi connectivity index (χ2v) is 4.42. The SMILES string of the molecule is CC(O)C(N)C(=O)OCc1cccc(Br)c1. The highest BCUT2D eigenvalue weighted by molar-refractivity contribution is 9.10. The minimum Gasteiger partial charge on any atom is -0.460 e. The number of aliphatic hydroxyl groups is 1. The maximum absolute atomic E-state index is 11.3. The van der Waals surface area contributed by atoms with Gasteiger partial charge in [-0.15, -0.1) is 0 Å². The largest absolute Gasteiger partial charge is 0.460 e. The standard InChI is InChI=1S/C11H14BrNO3/c1-7(14)10(13)11(15)16-6-8-3-2-4-9(12)5-8/h2-5,7,10,14H,6,13H2,1H3. The molecule has 1 aromatic rings. The molecule has 0 saturated carbocycles. The Morgan fingerprint density at radius 1 is 1.62 bits per heavy atom. The van der Waals surface area contributed by atoms with Gasteiger partial charge >= 0.3 is 5.97 Å². The molecule has 4 nitrogen and oxygen atoms in total. The van der Waals surface area contributed by atoms with Crippen molar-refractivity contribution in [3.05, 3.63) is 34.3 Å². The number of benzene rings is 1. The molecule has 88 valence electrons. The van der Waals surface area contributed by atoms with Gasteiger partial charge in [0.1, 0.15) is 12.6 Å². The molecule has 0 heterocycles. The van der Waals surface area contributed by atoms with Crippen LogP contribution in [0.3, 0.4) is 0 Å². The van der Waals surface area contributed by atoms with Gasteiger partial charge in [0.2, 0.25) is 0 Å². The predicted molar refractivity (Wildman–Crippen MR) is 63.6 cm³/mol. The molecule has 2 atom stereocenters. The first-order valence-corrected chi connectivity index (χ1v) is 5.64.